The average molecular weight is 473 g/mol. The molecule has 174 valence electrons. The molecule has 34 heavy (non-hydrogen) atoms. The molecule has 1 N–H and O–H groups in total. The molecule has 3 aromatic carbocycles. The number of thioether (sulfide) groups is 1. The van der Waals surface area contributed by atoms with Gasteiger partial charge in [-0.1, -0.05) is 54.2 Å². The lowest BCUT2D eigenvalue weighted by Gasteiger charge is -2.16. The molecule has 4 aromatic rings. The molecule has 4 rings (SSSR count). The van der Waals surface area contributed by atoms with Crippen LogP contribution in [-0.4, -0.2) is 27.8 Å². The van der Waals surface area contributed by atoms with Crippen LogP contribution in [0.25, 0.3) is 5.69 Å². The van der Waals surface area contributed by atoms with E-state index in [0.29, 0.717) is 17.1 Å². The lowest BCUT2D eigenvalue weighted by molar-refractivity contribution is 0.0949. The van der Waals surface area contributed by atoms with Crippen LogP contribution >= 0.6 is 11.8 Å². The second-order valence-corrected chi connectivity index (χ2v) is 9.41. The van der Waals surface area contributed by atoms with Gasteiger partial charge in [0.2, 0.25) is 0 Å². The maximum atomic E-state index is 12.7. The van der Waals surface area contributed by atoms with Crippen molar-refractivity contribution in [2.75, 3.05) is 7.11 Å². The summed E-state index contributed by atoms with van der Waals surface area (Å²) in [5.74, 6) is 1.21. The van der Waals surface area contributed by atoms with Crippen molar-refractivity contribution in [3.05, 3.63) is 101 Å². The predicted octanol–water partition coefficient (Wildman–Crippen LogP) is 5.68. The first-order valence-electron chi connectivity index (χ1n) is 11.1. The van der Waals surface area contributed by atoms with Crippen LogP contribution in [-0.2, 0) is 6.54 Å². The molecule has 0 aliphatic rings. The van der Waals surface area contributed by atoms with Crippen molar-refractivity contribution in [1.82, 2.24) is 20.1 Å². The minimum absolute atomic E-state index is 0.176. The Morgan fingerprint density at radius 3 is 2.47 bits per heavy atom. The van der Waals surface area contributed by atoms with Gasteiger partial charge in [0.15, 0.2) is 11.0 Å². The third-order valence-corrected chi connectivity index (χ3v) is 6.72. The van der Waals surface area contributed by atoms with Crippen molar-refractivity contribution >= 4 is 17.7 Å². The minimum Gasteiger partial charge on any atom is -0.497 e. The first-order valence-corrected chi connectivity index (χ1v) is 12.0. The predicted molar refractivity (Wildman–Crippen MR) is 136 cm³/mol. The van der Waals surface area contributed by atoms with Gasteiger partial charge in [0, 0.05) is 10.8 Å². The molecule has 1 atom stereocenters. The number of nitrogens with zero attached hydrogens (tertiary/aromatic N) is 3. The molecule has 6 nitrogen and oxygen atoms in total. The van der Waals surface area contributed by atoms with Crippen LogP contribution in [0.15, 0.2) is 78.0 Å². The Hall–Kier alpha value is -3.58. The molecule has 0 bridgehead atoms. The monoisotopic (exact) mass is 472 g/mol. The zero-order chi connectivity index (χ0) is 24.1. The molecule has 1 unspecified atom stereocenters. The van der Waals surface area contributed by atoms with Crippen molar-refractivity contribution in [2.24, 2.45) is 0 Å². The number of benzene rings is 3. The number of carbonyl (C=O) groups is 1. The molecule has 0 saturated carbocycles. The number of methoxy groups -OCH3 is 1. The fourth-order valence-electron chi connectivity index (χ4n) is 3.65. The van der Waals surface area contributed by atoms with E-state index in [0.717, 1.165) is 22.0 Å². The van der Waals surface area contributed by atoms with Crippen LogP contribution in [0.3, 0.4) is 0 Å². The van der Waals surface area contributed by atoms with Gasteiger partial charge in [0.25, 0.3) is 5.91 Å². The standard InChI is InChI=1S/C27H28N4O2S/c1-18-10-11-19(2)24(16-18)31-25(17-28-26(32)22-12-14-23(33-4)15-13-22)29-30-27(31)34-20(3)21-8-6-5-7-9-21/h5-16,20H,17H2,1-4H3,(H,28,32). The Morgan fingerprint density at radius 1 is 1.03 bits per heavy atom. The first kappa shape index (κ1) is 23.6. The summed E-state index contributed by atoms with van der Waals surface area (Å²) < 4.78 is 7.23. The fourth-order valence-corrected chi connectivity index (χ4v) is 4.65. The van der Waals surface area contributed by atoms with Crippen molar-refractivity contribution in [2.45, 2.75) is 37.7 Å². The Kier molecular flexibility index (Phi) is 7.33. The summed E-state index contributed by atoms with van der Waals surface area (Å²) in [5, 5.41) is 12.9. The number of rotatable bonds is 8. The van der Waals surface area contributed by atoms with E-state index in [2.05, 4.69) is 71.2 Å². The van der Waals surface area contributed by atoms with E-state index in [1.165, 1.54) is 5.56 Å². The van der Waals surface area contributed by atoms with E-state index in [1.807, 2.05) is 18.2 Å². The van der Waals surface area contributed by atoms with Gasteiger partial charge in [-0.2, -0.15) is 0 Å². The van der Waals surface area contributed by atoms with Crippen LogP contribution < -0.4 is 10.1 Å². The summed E-state index contributed by atoms with van der Waals surface area (Å²) in [6.07, 6.45) is 0. The van der Waals surface area contributed by atoms with Crippen LogP contribution in [0.5, 0.6) is 5.75 Å². The van der Waals surface area contributed by atoms with Gasteiger partial charge >= 0.3 is 0 Å². The summed E-state index contributed by atoms with van der Waals surface area (Å²) in [6.45, 7) is 6.56. The molecule has 0 saturated heterocycles. The Morgan fingerprint density at radius 2 is 1.76 bits per heavy atom. The van der Waals surface area contributed by atoms with Gasteiger partial charge in [-0.3, -0.25) is 9.36 Å². The number of aromatic nitrogens is 3. The topological polar surface area (TPSA) is 69.0 Å². The molecular weight excluding hydrogens is 444 g/mol. The summed E-state index contributed by atoms with van der Waals surface area (Å²) in [7, 11) is 1.60. The van der Waals surface area contributed by atoms with Crippen molar-refractivity contribution in [3.63, 3.8) is 0 Å². The van der Waals surface area contributed by atoms with E-state index in [9.17, 15) is 4.79 Å². The highest BCUT2D eigenvalue weighted by molar-refractivity contribution is 7.99. The van der Waals surface area contributed by atoms with Crippen LogP contribution in [0.4, 0.5) is 0 Å². The van der Waals surface area contributed by atoms with Crippen LogP contribution in [0.2, 0.25) is 0 Å². The van der Waals surface area contributed by atoms with E-state index in [-0.39, 0.29) is 17.7 Å². The molecule has 1 heterocycles. The third-order valence-electron chi connectivity index (χ3n) is 5.62. The van der Waals surface area contributed by atoms with Crippen molar-refractivity contribution < 1.29 is 9.53 Å². The Bertz CT molecular complexity index is 1270. The zero-order valence-electron chi connectivity index (χ0n) is 19.8. The number of amides is 1. The lowest BCUT2D eigenvalue weighted by Crippen LogP contribution is -2.24. The van der Waals surface area contributed by atoms with Gasteiger partial charge in [-0.05, 0) is 67.8 Å². The molecule has 0 spiro atoms. The first-order chi connectivity index (χ1) is 16.5. The second-order valence-electron chi connectivity index (χ2n) is 8.11. The normalized spacial score (nSPS) is 11.8. The lowest BCUT2D eigenvalue weighted by atomic mass is 10.1. The Balaban J connectivity index is 1.62. The van der Waals surface area contributed by atoms with E-state index in [4.69, 9.17) is 4.74 Å². The molecule has 0 radical (unpaired) electrons. The third kappa shape index (κ3) is 5.31. The number of aryl methyl sites for hydroxylation is 2. The van der Waals surface area contributed by atoms with E-state index >= 15 is 0 Å². The van der Waals surface area contributed by atoms with E-state index < -0.39 is 0 Å². The van der Waals surface area contributed by atoms with Gasteiger partial charge in [0.1, 0.15) is 5.75 Å². The maximum Gasteiger partial charge on any atom is 0.251 e. The summed E-state index contributed by atoms with van der Waals surface area (Å²) in [4.78, 5) is 12.7. The number of ether oxygens (including phenoxy) is 1. The SMILES string of the molecule is COc1ccc(C(=O)NCc2nnc(SC(C)c3ccccc3)n2-c2cc(C)ccc2C)cc1. The maximum absolute atomic E-state index is 12.7. The molecule has 1 amide bonds. The molecule has 0 fully saturated rings. The van der Waals surface area contributed by atoms with Crippen LogP contribution in [0, 0.1) is 13.8 Å². The highest BCUT2D eigenvalue weighted by Crippen LogP contribution is 2.35. The van der Waals surface area contributed by atoms with Gasteiger partial charge in [-0.25, -0.2) is 0 Å². The smallest absolute Gasteiger partial charge is 0.251 e. The zero-order valence-corrected chi connectivity index (χ0v) is 20.6. The van der Waals surface area contributed by atoms with E-state index in [1.54, 1.807) is 43.1 Å². The number of carbonyl (C=O) groups excluding carboxylic acids is 1. The van der Waals surface area contributed by atoms with Gasteiger partial charge in [-0.15, -0.1) is 10.2 Å². The summed E-state index contributed by atoms with van der Waals surface area (Å²) >= 11 is 1.65. The van der Waals surface area contributed by atoms with Gasteiger partial charge in [0.05, 0.1) is 19.3 Å². The Labute approximate surface area is 204 Å². The fraction of sp³-hybridized carbons (Fsp3) is 0.222. The molecule has 7 heteroatoms. The summed E-state index contributed by atoms with van der Waals surface area (Å²) in [6, 6.07) is 23.7. The van der Waals surface area contributed by atoms with Crippen LogP contribution in [0.1, 0.15) is 45.0 Å². The summed E-state index contributed by atoms with van der Waals surface area (Å²) in [5.41, 5.74) is 5.06. The largest absolute Gasteiger partial charge is 0.497 e. The quantitative estimate of drug-likeness (QED) is 0.334. The van der Waals surface area contributed by atoms with Crippen molar-refractivity contribution in [1.29, 1.82) is 0 Å². The average Bonchev–Trinajstić information content (AvgIpc) is 3.26. The second kappa shape index (κ2) is 10.6. The number of hydrogen-bond donors (Lipinski definition) is 1. The minimum atomic E-state index is -0.176. The molecule has 0 aliphatic heterocycles. The molecular formula is C27H28N4O2S. The molecule has 1 aromatic heterocycles. The highest BCUT2D eigenvalue weighted by Gasteiger charge is 2.20. The van der Waals surface area contributed by atoms with Gasteiger partial charge < -0.3 is 10.1 Å². The number of hydrogen-bond acceptors (Lipinski definition) is 5. The highest BCUT2D eigenvalue weighted by atomic mass is 32.2. The van der Waals surface area contributed by atoms with Crippen molar-refractivity contribution in [3.8, 4) is 11.4 Å². The molecule has 0 aliphatic carbocycles. The number of nitrogens with one attached hydrogen (secondary N) is 1.